The molecule has 130 valence electrons. The van der Waals surface area contributed by atoms with Crippen LogP contribution in [0.15, 0.2) is 48.5 Å². The topological polar surface area (TPSA) is 41.6 Å². The number of piperidine rings is 1. The lowest BCUT2D eigenvalue weighted by Gasteiger charge is -2.31. The highest BCUT2D eigenvalue weighted by Gasteiger charge is 2.26. The van der Waals surface area contributed by atoms with Gasteiger partial charge in [0.2, 0.25) is 5.91 Å². The van der Waals surface area contributed by atoms with Crippen molar-refractivity contribution < 1.29 is 9.53 Å². The van der Waals surface area contributed by atoms with Crippen molar-refractivity contribution in [1.29, 1.82) is 0 Å². The lowest BCUT2D eigenvalue weighted by Crippen LogP contribution is -2.34. The predicted octanol–water partition coefficient (Wildman–Crippen LogP) is 3.87. The van der Waals surface area contributed by atoms with E-state index in [9.17, 15) is 4.79 Å². The molecule has 25 heavy (non-hydrogen) atoms. The molecular formula is C21H24N2O2. The number of nitrogens with zero attached hydrogens (tertiary/aromatic N) is 1. The number of anilines is 2. The number of ether oxygens (including phenoxy) is 1. The van der Waals surface area contributed by atoms with E-state index in [2.05, 4.69) is 16.3 Å². The van der Waals surface area contributed by atoms with E-state index < -0.39 is 0 Å². The van der Waals surface area contributed by atoms with Gasteiger partial charge in [0.25, 0.3) is 0 Å². The maximum Gasteiger partial charge on any atom is 0.231 e. The molecule has 1 N–H and O–H groups in total. The fourth-order valence-corrected chi connectivity index (χ4v) is 3.72. The first-order valence-corrected chi connectivity index (χ1v) is 9.17. The maximum atomic E-state index is 12.8. The molecule has 2 aliphatic heterocycles. The highest BCUT2D eigenvalue weighted by molar-refractivity contribution is 5.96. The summed E-state index contributed by atoms with van der Waals surface area (Å²) < 4.78 is 5.77. The minimum atomic E-state index is -0.149. The molecule has 0 radical (unpaired) electrons. The molecule has 0 aromatic heterocycles. The lowest BCUT2D eigenvalue weighted by atomic mass is 9.96. The van der Waals surface area contributed by atoms with Crippen LogP contribution in [0, 0.1) is 5.92 Å². The van der Waals surface area contributed by atoms with Gasteiger partial charge in [0, 0.05) is 13.1 Å². The minimum Gasteiger partial charge on any atom is -0.492 e. The number of hydrogen-bond acceptors (Lipinski definition) is 3. The normalized spacial score (nSPS) is 19.7. The maximum absolute atomic E-state index is 12.8. The first kappa shape index (κ1) is 16.0. The quantitative estimate of drug-likeness (QED) is 0.925. The number of hydrogen-bond donors (Lipinski definition) is 1. The van der Waals surface area contributed by atoms with Crippen molar-refractivity contribution in [2.75, 3.05) is 29.9 Å². The molecule has 2 heterocycles. The van der Waals surface area contributed by atoms with Gasteiger partial charge in [-0.05, 0) is 49.4 Å². The third kappa shape index (κ3) is 3.48. The Morgan fingerprint density at radius 1 is 1.00 bits per heavy atom. The van der Waals surface area contributed by atoms with Crippen LogP contribution < -0.4 is 15.0 Å². The van der Waals surface area contributed by atoms with Gasteiger partial charge < -0.3 is 15.0 Å². The van der Waals surface area contributed by atoms with Gasteiger partial charge in [-0.25, -0.2) is 0 Å². The molecule has 1 saturated heterocycles. The number of amides is 1. The van der Waals surface area contributed by atoms with Crippen LogP contribution in [0.25, 0.3) is 0 Å². The zero-order valence-corrected chi connectivity index (χ0v) is 14.4. The number of fused-ring (bicyclic) bond motifs is 1. The molecule has 1 amide bonds. The molecule has 1 unspecified atom stereocenters. The van der Waals surface area contributed by atoms with E-state index in [0.717, 1.165) is 42.2 Å². The molecule has 0 bridgehead atoms. The molecule has 0 aliphatic carbocycles. The summed E-state index contributed by atoms with van der Waals surface area (Å²) >= 11 is 0. The van der Waals surface area contributed by atoms with Gasteiger partial charge in [-0.3, -0.25) is 4.79 Å². The average Bonchev–Trinajstić information content (AvgIpc) is 2.68. The van der Waals surface area contributed by atoms with Crippen LogP contribution in [-0.4, -0.2) is 25.6 Å². The number of para-hydroxylation sites is 3. The molecular weight excluding hydrogens is 312 g/mol. The van der Waals surface area contributed by atoms with E-state index in [1.165, 1.54) is 19.3 Å². The second-order valence-electron chi connectivity index (χ2n) is 6.87. The van der Waals surface area contributed by atoms with Crippen molar-refractivity contribution in [3.63, 3.8) is 0 Å². The third-order valence-corrected chi connectivity index (χ3v) is 5.11. The van der Waals surface area contributed by atoms with Crippen molar-refractivity contribution in [3.8, 4) is 5.75 Å². The number of carbonyl (C=O) groups is 1. The van der Waals surface area contributed by atoms with Crippen LogP contribution in [0.1, 0.15) is 24.8 Å². The van der Waals surface area contributed by atoms with E-state index in [-0.39, 0.29) is 11.8 Å². The van der Waals surface area contributed by atoms with Gasteiger partial charge in [-0.15, -0.1) is 0 Å². The lowest BCUT2D eigenvalue weighted by molar-refractivity contribution is -0.121. The Morgan fingerprint density at radius 3 is 2.64 bits per heavy atom. The minimum absolute atomic E-state index is 0.0407. The monoisotopic (exact) mass is 336 g/mol. The molecule has 2 aromatic rings. The summed E-state index contributed by atoms with van der Waals surface area (Å²) in [6.07, 6.45) is 4.46. The van der Waals surface area contributed by atoms with Gasteiger partial charge in [0.1, 0.15) is 12.4 Å². The number of carbonyl (C=O) groups excluding carboxylic acids is 1. The van der Waals surface area contributed by atoms with Crippen molar-refractivity contribution in [3.05, 3.63) is 54.1 Å². The van der Waals surface area contributed by atoms with Crippen LogP contribution in [0.2, 0.25) is 0 Å². The summed E-state index contributed by atoms with van der Waals surface area (Å²) in [7, 11) is 0. The highest BCUT2D eigenvalue weighted by atomic mass is 16.5. The highest BCUT2D eigenvalue weighted by Crippen LogP contribution is 2.31. The second kappa shape index (κ2) is 7.18. The van der Waals surface area contributed by atoms with Gasteiger partial charge in [0.05, 0.1) is 17.3 Å². The first-order valence-electron chi connectivity index (χ1n) is 9.17. The second-order valence-corrected chi connectivity index (χ2v) is 6.87. The van der Waals surface area contributed by atoms with Crippen molar-refractivity contribution in [1.82, 2.24) is 0 Å². The van der Waals surface area contributed by atoms with E-state index in [1.54, 1.807) is 0 Å². The third-order valence-electron chi connectivity index (χ3n) is 5.11. The van der Waals surface area contributed by atoms with Crippen LogP contribution in [0.4, 0.5) is 11.4 Å². The summed E-state index contributed by atoms with van der Waals surface area (Å²) in [4.78, 5) is 15.2. The summed E-state index contributed by atoms with van der Waals surface area (Å²) in [6, 6.07) is 16.1. The van der Waals surface area contributed by atoms with E-state index in [4.69, 9.17) is 4.74 Å². The number of benzene rings is 2. The first-order chi connectivity index (χ1) is 12.3. The molecule has 4 heteroatoms. The summed E-state index contributed by atoms with van der Waals surface area (Å²) in [5, 5.41) is 3.15. The largest absolute Gasteiger partial charge is 0.492 e. The van der Waals surface area contributed by atoms with E-state index in [0.29, 0.717) is 6.61 Å². The fourth-order valence-electron chi connectivity index (χ4n) is 3.72. The van der Waals surface area contributed by atoms with Gasteiger partial charge in [-0.2, -0.15) is 0 Å². The Morgan fingerprint density at radius 2 is 1.76 bits per heavy atom. The number of nitrogens with one attached hydrogen (secondary N) is 1. The Bertz CT molecular complexity index is 753. The van der Waals surface area contributed by atoms with E-state index >= 15 is 0 Å². The standard InChI is InChI=1S/C21H24N2O2/c24-21(17-14-16-8-2-5-11-20(16)25-15-17)22-18-9-3-4-10-19(18)23-12-6-1-7-13-23/h2-5,8-11,17H,1,6-7,12-15H2,(H,22,24). The smallest absolute Gasteiger partial charge is 0.231 e. The fraction of sp³-hybridized carbons (Fsp3) is 0.381. The molecule has 0 saturated carbocycles. The summed E-state index contributed by atoms with van der Waals surface area (Å²) in [5.74, 6) is 0.795. The van der Waals surface area contributed by atoms with Gasteiger partial charge >= 0.3 is 0 Å². The van der Waals surface area contributed by atoms with Crippen LogP contribution >= 0.6 is 0 Å². The molecule has 4 nitrogen and oxygen atoms in total. The van der Waals surface area contributed by atoms with Crippen LogP contribution in [0.5, 0.6) is 5.75 Å². The SMILES string of the molecule is O=C(Nc1ccccc1N1CCCCC1)C1COc2ccccc2C1. The number of rotatable bonds is 3. The predicted molar refractivity (Wildman–Crippen MR) is 100 cm³/mol. The zero-order chi connectivity index (χ0) is 17.1. The molecule has 2 aliphatic rings. The van der Waals surface area contributed by atoms with Crippen molar-refractivity contribution >= 4 is 17.3 Å². The summed E-state index contributed by atoms with van der Waals surface area (Å²) in [6.45, 7) is 2.56. The van der Waals surface area contributed by atoms with E-state index in [1.807, 2.05) is 42.5 Å². The molecule has 1 fully saturated rings. The van der Waals surface area contributed by atoms with Gasteiger partial charge in [0.15, 0.2) is 0 Å². The Balaban J connectivity index is 1.48. The van der Waals surface area contributed by atoms with Crippen molar-refractivity contribution in [2.24, 2.45) is 5.92 Å². The van der Waals surface area contributed by atoms with Crippen LogP contribution in [-0.2, 0) is 11.2 Å². The van der Waals surface area contributed by atoms with Crippen molar-refractivity contribution in [2.45, 2.75) is 25.7 Å². The Labute approximate surface area is 148 Å². The molecule has 4 rings (SSSR count). The summed E-state index contributed by atoms with van der Waals surface area (Å²) in [5.41, 5.74) is 3.15. The molecule has 1 atom stereocenters. The zero-order valence-electron chi connectivity index (χ0n) is 14.4. The van der Waals surface area contributed by atoms with Crippen LogP contribution in [0.3, 0.4) is 0 Å². The molecule has 2 aromatic carbocycles. The van der Waals surface area contributed by atoms with Gasteiger partial charge in [-0.1, -0.05) is 30.3 Å². The Hall–Kier alpha value is -2.49. The molecule has 0 spiro atoms. The average molecular weight is 336 g/mol. The Kier molecular flexibility index (Phi) is 4.59.